The third-order valence-corrected chi connectivity index (χ3v) is 7.74. The minimum atomic E-state index is -5.34. The topological polar surface area (TPSA) is 131 Å². The molecule has 17 heteroatoms. The maximum absolute atomic E-state index is 14.9. The number of rotatable bonds is 6. The number of hydrogen-bond donors (Lipinski definition) is 1. The zero-order chi connectivity index (χ0) is 29.5. The normalized spacial score (nSPS) is 12.3. The lowest BCUT2D eigenvalue weighted by Gasteiger charge is -2.14. The fourth-order valence-electron chi connectivity index (χ4n) is 3.83. The summed E-state index contributed by atoms with van der Waals surface area (Å²) in [5, 5.41) is 2.81. The Morgan fingerprint density at radius 3 is 2.42 bits per heavy atom. The van der Waals surface area contributed by atoms with E-state index >= 15 is 0 Å². The Morgan fingerprint density at radius 1 is 1.07 bits per heavy atom. The SMILES string of the molecule is Cn1c(=O)c2c(CC(=O)N=c3scc(-c4ccc(F)c(C(F)(F)F)c4F)n3COC(=O)CN)csc2n(C)c1=O. The summed E-state index contributed by atoms with van der Waals surface area (Å²) >= 11 is 1.78. The first-order valence-electron chi connectivity index (χ1n) is 11.1. The van der Waals surface area contributed by atoms with E-state index in [1.54, 1.807) is 0 Å². The minimum absolute atomic E-state index is 0.142. The second-order valence-electron chi connectivity index (χ2n) is 8.29. The highest BCUT2D eigenvalue weighted by molar-refractivity contribution is 7.17. The number of nitrogens with zero attached hydrogens (tertiary/aromatic N) is 4. The van der Waals surface area contributed by atoms with Crippen LogP contribution in [0.4, 0.5) is 22.0 Å². The lowest BCUT2D eigenvalue weighted by molar-refractivity contribution is -0.145. The molecular formula is C23H18F5N5O5S2. The first-order chi connectivity index (χ1) is 18.8. The number of aromatic nitrogens is 3. The molecule has 0 aliphatic heterocycles. The molecule has 2 N–H and O–H groups in total. The molecule has 3 aromatic heterocycles. The molecule has 0 radical (unpaired) electrons. The fraction of sp³-hybridized carbons (Fsp3) is 0.261. The van der Waals surface area contributed by atoms with Gasteiger partial charge in [-0.25, -0.2) is 13.6 Å². The zero-order valence-electron chi connectivity index (χ0n) is 20.5. The molecule has 212 valence electrons. The Morgan fingerprint density at radius 2 is 1.77 bits per heavy atom. The smallest absolute Gasteiger partial charge is 0.422 e. The molecule has 0 atom stereocenters. The predicted octanol–water partition coefficient (Wildman–Crippen LogP) is 2.26. The summed E-state index contributed by atoms with van der Waals surface area (Å²) in [6.07, 6.45) is -5.74. The van der Waals surface area contributed by atoms with Crippen molar-refractivity contribution in [1.82, 2.24) is 13.7 Å². The number of ether oxygens (including phenoxy) is 1. The standard InChI is InChI=1S/C23H18F5N5O5S2/c1-31-19(36)16-10(7-39-20(16)32(2)22(31)37)5-14(34)30-21-33(9-38-15(35)6-29)13(8-40-21)11-3-4-12(24)17(18(11)25)23(26,27)28/h3-4,7-8H,5-6,9,29H2,1-2H3. The number of thiophene rings is 1. The Kier molecular flexibility index (Phi) is 7.91. The van der Waals surface area contributed by atoms with Gasteiger partial charge in [0.2, 0.25) is 0 Å². The zero-order valence-corrected chi connectivity index (χ0v) is 22.2. The van der Waals surface area contributed by atoms with Crippen molar-refractivity contribution in [2.75, 3.05) is 6.54 Å². The number of carbonyl (C=O) groups excluding carboxylic acids is 2. The number of esters is 1. The molecule has 0 aliphatic carbocycles. The van der Waals surface area contributed by atoms with E-state index in [4.69, 9.17) is 10.5 Å². The summed E-state index contributed by atoms with van der Waals surface area (Å²) < 4.78 is 76.7. The van der Waals surface area contributed by atoms with Crippen LogP contribution in [-0.4, -0.2) is 32.1 Å². The molecular weight excluding hydrogens is 585 g/mol. The van der Waals surface area contributed by atoms with Crippen molar-refractivity contribution < 1.29 is 36.3 Å². The molecule has 0 spiro atoms. The lowest BCUT2D eigenvalue weighted by atomic mass is 10.1. The maximum atomic E-state index is 14.9. The molecule has 4 rings (SSSR count). The molecule has 0 saturated heterocycles. The Bertz CT molecular complexity index is 1850. The van der Waals surface area contributed by atoms with Gasteiger partial charge < -0.3 is 10.5 Å². The number of fused-ring (bicyclic) bond motifs is 1. The number of amides is 1. The van der Waals surface area contributed by atoms with Crippen LogP contribution in [0.3, 0.4) is 0 Å². The molecule has 4 aromatic rings. The summed E-state index contributed by atoms with van der Waals surface area (Å²) in [5.41, 5.74) is 1.25. The molecule has 10 nitrogen and oxygen atoms in total. The van der Waals surface area contributed by atoms with Crippen molar-refractivity contribution >= 4 is 44.8 Å². The third-order valence-electron chi connectivity index (χ3n) is 5.78. The van der Waals surface area contributed by atoms with Crippen molar-refractivity contribution in [2.45, 2.75) is 19.3 Å². The second kappa shape index (κ2) is 10.9. The summed E-state index contributed by atoms with van der Waals surface area (Å²) in [6, 6.07) is 1.21. The molecule has 1 aromatic carbocycles. The van der Waals surface area contributed by atoms with E-state index in [0.717, 1.165) is 31.9 Å². The third kappa shape index (κ3) is 5.26. The van der Waals surface area contributed by atoms with Crippen LogP contribution in [0.1, 0.15) is 11.1 Å². The molecule has 0 unspecified atom stereocenters. The molecule has 0 saturated carbocycles. The van der Waals surface area contributed by atoms with Crippen molar-refractivity contribution in [3.63, 3.8) is 0 Å². The molecule has 40 heavy (non-hydrogen) atoms. The highest BCUT2D eigenvalue weighted by Gasteiger charge is 2.39. The maximum Gasteiger partial charge on any atom is 0.422 e. The first-order valence-corrected chi connectivity index (χ1v) is 12.8. The van der Waals surface area contributed by atoms with Gasteiger partial charge in [0.1, 0.15) is 22.0 Å². The van der Waals surface area contributed by atoms with Gasteiger partial charge in [-0.1, -0.05) is 0 Å². The van der Waals surface area contributed by atoms with Gasteiger partial charge in [-0.2, -0.15) is 18.2 Å². The van der Waals surface area contributed by atoms with Crippen LogP contribution < -0.4 is 21.8 Å². The largest absolute Gasteiger partial charge is 0.443 e. The Balaban J connectivity index is 1.81. The van der Waals surface area contributed by atoms with Crippen molar-refractivity contribution in [3.05, 3.63) is 71.3 Å². The van der Waals surface area contributed by atoms with Gasteiger partial charge in [0, 0.05) is 25.0 Å². The predicted molar refractivity (Wildman–Crippen MR) is 134 cm³/mol. The van der Waals surface area contributed by atoms with Crippen molar-refractivity contribution in [1.29, 1.82) is 0 Å². The number of halogens is 5. The van der Waals surface area contributed by atoms with Crippen LogP contribution in [0.5, 0.6) is 0 Å². The number of carbonyl (C=O) groups is 2. The average molecular weight is 604 g/mol. The number of nitrogens with two attached hydrogens (primary N) is 1. The van der Waals surface area contributed by atoms with Gasteiger partial charge in [0.25, 0.3) is 11.5 Å². The van der Waals surface area contributed by atoms with Gasteiger partial charge in [0.15, 0.2) is 11.5 Å². The summed E-state index contributed by atoms with van der Waals surface area (Å²) in [5.74, 6) is -5.45. The van der Waals surface area contributed by atoms with E-state index in [1.165, 1.54) is 24.0 Å². The molecule has 3 heterocycles. The van der Waals surface area contributed by atoms with Gasteiger partial charge in [0.05, 0.1) is 24.0 Å². The Labute approximate surface area is 228 Å². The first kappa shape index (κ1) is 29.0. The van der Waals surface area contributed by atoms with Crippen molar-refractivity contribution in [3.8, 4) is 11.3 Å². The average Bonchev–Trinajstić information content (AvgIpc) is 3.48. The highest BCUT2D eigenvalue weighted by Crippen LogP contribution is 2.37. The second-order valence-corrected chi connectivity index (χ2v) is 9.99. The number of aryl methyl sites for hydroxylation is 1. The summed E-state index contributed by atoms with van der Waals surface area (Å²) in [7, 11) is 2.75. The lowest BCUT2D eigenvalue weighted by Crippen LogP contribution is -2.36. The van der Waals surface area contributed by atoms with Crippen LogP contribution >= 0.6 is 22.7 Å². The van der Waals surface area contributed by atoms with Crippen LogP contribution in [0.15, 0.2) is 37.5 Å². The van der Waals surface area contributed by atoms with Gasteiger partial charge in [-0.15, -0.1) is 22.7 Å². The van der Waals surface area contributed by atoms with Gasteiger partial charge >= 0.3 is 17.8 Å². The van der Waals surface area contributed by atoms with Crippen LogP contribution in [0.25, 0.3) is 21.5 Å². The summed E-state index contributed by atoms with van der Waals surface area (Å²) in [6.45, 7) is -1.25. The quantitative estimate of drug-likeness (QED) is 0.266. The van der Waals surface area contributed by atoms with E-state index in [1.807, 2.05) is 0 Å². The Hall–Kier alpha value is -3.96. The number of alkyl halides is 3. The van der Waals surface area contributed by atoms with Crippen molar-refractivity contribution in [2.24, 2.45) is 24.8 Å². The van der Waals surface area contributed by atoms with Crippen LogP contribution in [0, 0.1) is 11.6 Å². The number of hydrogen-bond acceptors (Lipinski definition) is 8. The van der Waals surface area contributed by atoms with E-state index in [9.17, 15) is 41.1 Å². The van der Waals surface area contributed by atoms with E-state index in [-0.39, 0.29) is 21.4 Å². The molecule has 0 aliphatic rings. The molecule has 0 fully saturated rings. The van der Waals surface area contributed by atoms with E-state index in [2.05, 4.69) is 4.99 Å². The minimum Gasteiger partial charge on any atom is -0.443 e. The number of thiazole rings is 1. The van der Waals surface area contributed by atoms with E-state index in [0.29, 0.717) is 22.2 Å². The number of benzene rings is 1. The summed E-state index contributed by atoms with van der Waals surface area (Å²) in [4.78, 5) is 53.5. The van der Waals surface area contributed by atoms with Gasteiger partial charge in [-0.3, -0.25) is 28.1 Å². The van der Waals surface area contributed by atoms with Crippen LogP contribution in [-0.2, 0) is 47.7 Å². The van der Waals surface area contributed by atoms with Gasteiger partial charge in [-0.05, 0) is 23.1 Å². The van der Waals surface area contributed by atoms with Crippen LogP contribution in [0.2, 0.25) is 0 Å². The van der Waals surface area contributed by atoms with E-state index < -0.39 is 71.8 Å². The highest BCUT2D eigenvalue weighted by atomic mass is 32.1. The molecule has 0 bridgehead atoms. The fourth-order valence-corrected chi connectivity index (χ4v) is 5.76. The molecule has 1 amide bonds. The monoisotopic (exact) mass is 603 g/mol.